The molecule has 0 atom stereocenters. The van der Waals surface area contributed by atoms with Gasteiger partial charge in [-0.3, -0.25) is 0 Å². The molecule has 14 heavy (non-hydrogen) atoms. The Morgan fingerprint density at radius 2 is 2.36 bits per heavy atom. The van der Waals surface area contributed by atoms with Gasteiger partial charge in [0.1, 0.15) is 5.82 Å². The Kier molecular flexibility index (Phi) is 2.59. The van der Waals surface area contributed by atoms with Gasteiger partial charge in [0, 0.05) is 23.9 Å². The van der Waals surface area contributed by atoms with Crippen LogP contribution in [0.5, 0.6) is 0 Å². The third-order valence-corrected chi connectivity index (χ3v) is 2.94. The van der Waals surface area contributed by atoms with Crippen LogP contribution >= 0.6 is 0 Å². The quantitative estimate of drug-likeness (QED) is 0.702. The molecule has 0 aliphatic heterocycles. The van der Waals surface area contributed by atoms with Gasteiger partial charge in [-0.15, -0.1) is 0 Å². The van der Waals surface area contributed by atoms with Crippen LogP contribution in [0.25, 0.3) is 0 Å². The summed E-state index contributed by atoms with van der Waals surface area (Å²) in [7, 11) is 0. The number of hydrogen-bond acceptors (Lipinski definition) is 2. The highest BCUT2D eigenvalue weighted by molar-refractivity contribution is 5.18. The lowest BCUT2D eigenvalue weighted by Crippen LogP contribution is -2.14. The fourth-order valence-electron chi connectivity index (χ4n) is 1.58. The highest BCUT2D eigenvalue weighted by Gasteiger charge is 2.41. The van der Waals surface area contributed by atoms with Gasteiger partial charge in [-0.25, -0.2) is 4.98 Å². The molecule has 3 nitrogen and oxygen atoms in total. The molecule has 1 aromatic heterocycles. The van der Waals surface area contributed by atoms with Crippen molar-refractivity contribution in [2.75, 3.05) is 6.54 Å². The van der Waals surface area contributed by atoms with E-state index in [-0.39, 0.29) is 0 Å². The lowest BCUT2D eigenvalue weighted by molar-refractivity contribution is 0.659. The lowest BCUT2D eigenvalue weighted by atomic mass is 10.1. The number of hydrogen-bond donors (Lipinski definition) is 2. The predicted molar refractivity (Wildman–Crippen MR) is 57.2 cm³/mol. The van der Waals surface area contributed by atoms with E-state index in [0.29, 0.717) is 5.41 Å². The van der Waals surface area contributed by atoms with Gasteiger partial charge in [0.2, 0.25) is 0 Å². The Hall–Kier alpha value is -0.830. The zero-order valence-corrected chi connectivity index (χ0v) is 9.06. The molecule has 0 amide bonds. The lowest BCUT2D eigenvalue weighted by Gasteiger charge is -2.03. The highest BCUT2D eigenvalue weighted by atomic mass is 15.0. The van der Waals surface area contributed by atoms with Gasteiger partial charge < -0.3 is 10.3 Å². The monoisotopic (exact) mass is 193 g/mol. The topological polar surface area (TPSA) is 40.7 Å². The summed E-state index contributed by atoms with van der Waals surface area (Å²) in [5.41, 5.74) is 1.57. The summed E-state index contributed by atoms with van der Waals surface area (Å²) in [5.74, 6) is 1.17. The van der Waals surface area contributed by atoms with Gasteiger partial charge in [-0.2, -0.15) is 0 Å². The van der Waals surface area contributed by atoms with Gasteiger partial charge in [-0.05, 0) is 25.8 Å². The highest BCUT2D eigenvalue weighted by Crippen LogP contribution is 2.45. The van der Waals surface area contributed by atoms with Gasteiger partial charge in [0.05, 0.1) is 0 Å². The van der Waals surface area contributed by atoms with E-state index in [9.17, 15) is 0 Å². The average molecular weight is 193 g/mol. The van der Waals surface area contributed by atoms with Gasteiger partial charge in [0.25, 0.3) is 0 Å². The van der Waals surface area contributed by atoms with Crippen LogP contribution in [0.3, 0.4) is 0 Å². The summed E-state index contributed by atoms with van der Waals surface area (Å²) >= 11 is 0. The van der Waals surface area contributed by atoms with Gasteiger partial charge >= 0.3 is 0 Å². The Labute approximate surface area is 85.3 Å². The first-order valence-electron chi connectivity index (χ1n) is 5.50. The maximum Gasteiger partial charge on any atom is 0.112 e. The normalized spacial score (nSPS) is 18.4. The van der Waals surface area contributed by atoms with E-state index in [4.69, 9.17) is 0 Å². The molecule has 1 heterocycles. The van der Waals surface area contributed by atoms with Crippen LogP contribution in [0.1, 0.15) is 44.6 Å². The second kappa shape index (κ2) is 3.73. The zero-order chi connectivity index (χ0) is 10.0. The van der Waals surface area contributed by atoms with Crippen molar-refractivity contribution < 1.29 is 0 Å². The number of nitrogens with one attached hydrogen (secondary N) is 2. The van der Waals surface area contributed by atoms with Crippen LogP contribution in [0, 0.1) is 0 Å². The van der Waals surface area contributed by atoms with E-state index < -0.39 is 0 Å². The van der Waals surface area contributed by atoms with E-state index in [1.54, 1.807) is 0 Å². The van der Waals surface area contributed by atoms with Crippen LogP contribution in [0.2, 0.25) is 0 Å². The standard InChI is InChI=1S/C11H19N3/c1-3-6-12-7-9-8-13-10(14-9)11(2)4-5-11/h8,12H,3-7H2,1-2H3,(H,13,14). The van der Waals surface area contributed by atoms with Crippen LogP contribution in [0.15, 0.2) is 6.20 Å². The van der Waals surface area contributed by atoms with E-state index in [0.717, 1.165) is 13.1 Å². The largest absolute Gasteiger partial charge is 0.344 e. The van der Waals surface area contributed by atoms with Crippen LogP contribution in [-0.2, 0) is 12.0 Å². The van der Waals surface area contributed by atoms with Crippen molar-refractivity contribution in [2.24, 2.45) is 0 Å². The number of rotatable bonds is 5. The Balaban J connectivity index is 1.90. The third-order valence-electron chi connectivity index (χ3n) is 2.94. The van der Waals surface area contributed by atoms with Crippen molar-refractivity contribution in [3.05, 3.63) is 17.7 Å². The molecule has 0 unspecified atom stereocenters. The van der Waals surface area contributed by atoms with Crippen LogP contribution < -0.4 is 5.32 Å². The molecule has 2 N–H and O–H groups in total. The number of aromatic nitrogens is 2. The second-order valence-electron chi connectivity index (χ2n) is 4.49. The summed E-state index contributed by atoms with van der Waals surface area (Å²) in [4.78, 5) is 7.83. The molecule has 1 saturated carbocycles. The Morgan fingerprint density at radius 3 is 3.00 bits per heavy atom. The first-order chi connectivity index (χ1) is 6.74. The van der Waals surface area contributed by atoms with Crippen LogP contribution in [-0.4, -0.2) is 16.5 Å². The Morgan fingerprint density at radius 1 is 1.57 bits per heavy atom. The van der Waals surface area contributed by atoms with Gasteiger partial charge in [0.15, 0.2) is 0 Å². The molecule has 3 heteroatoms. The van der Waals surface area contributed by atoms with Crippen molar-refractivity contribution in [2.45, 2.75) is 45.1 Å². The first kappa shape index (κ1) is 9.71. The molecular formula is C11H19N3. The maximum atomic E-state index is 4.43. The molecule has 2 rings (SSSR count). The minimum atomic E-state index is 0.364. The van der Waals surface area contributed by atoms with Crippen molar-refractivity contribution >= 4 is 0 Å². The minimum Gasteiger partial charge on any atom is -0.344 e. The van der Waals surface area contributed by atoms with Gasteiger partial charge in [-0.1, -0.05) is 13.8 Å². The summed E-state index contributed by atoms with van der Waals surface area (Å²) in [6.07, 6.45) is 5.70. The fraction of sp³-hybridized carbons (Fsp3) is 0.727. The predicted octanol–water partition coefficient (Wildman–Crippen LogP) is 1.96. The van der Waals surface area contributed by atoms with E-state index in [1.807, 2.05) is 6.20 Å². The summed E-state index contributed by atoms with van der Waals surface area (Å²) in [6, 6.07) is 0. The number of H-pyrrole nitrogens is 1. The number of imidazole rings is 1. The summed E-state index contributed by atoms with van der Waals surface area (Å²) < 4.78 is 0. The zero-order valence-electron chi connectivity index (χ0n) is 9.06. The van der Waals surface area contributed by atoms with Crippen LogP contribution in [0.4, 0.5) is 0 Å². The molecule has 0 bridgehead atoms. The number of nitrogens with zero attached hydrogens (tertiary/aromatic N) is 1. The first-order valence-corrected chi connectivity index (χ1v) is 5.50. The minimum absolute atomic E-state index is 0.364. The maximum absolute atomic E-state index is 4.43. The molecular weight excluding hydrogens is 174 g/mol. The molecule has 0 aromatic carbocycles. The van der Waals surface area contributed by atoms with E-state index in [1.165, 1.54) is 30.8 Å². The SMILES string of the molecule is CCCNCc1cnc(C2(C)CC2)[nH]1. The molecule has 0 radical (unpaired) electrons. The second-order valence-corrected chi connectivity index (χ2v) is 4.49. The average Bonchev–Trinajstić information content (AvgIpc) is 2.76. The summed E-state index contributed by atoms with van der Waals surface area (Å²) in [5, 5.41) is 3.37. The Bertz CT molecular complexity index is 299. The summed E-state index contributed by atoms with van der Waals surface area (Å²) in [6.45, 7) is 6.44. The van der Waals surface area contributed by atoms with Crippen molar-refractivity contribution in [3.8, 4) is 0 Å². The van der Waals surface area contributed by atoms with Crippen molar-refractivity contribution in [1.29, 1.82) is 0 Å². The number of aromatic amines is 1. The fourth-order valence-corrected chi connectivity index (χ4v) is 1.58. The van der Waals surface area contributed by atoms with E-state index in [2.05, 4.69) is 29.1 Å². The molecule has 78 valence electrons. The molecule has 1 aromatic rings. The van der Waals surface area contributed by atoms with Crippen molar-refractivity contribution in [1.82, 2.24) is 15.3 Å². The molecule has 1 fully saturated rings. The molecule has 0 saturated heterocycles. The van der Waals surface area contributed by atoms with Crippen molar-refractivity contribution in [3.63, 3.8) is 0 Å². The third kappa shape index (κ3) is 1.98. The molecule has 1 aliphatic carbocycles. The smallest absolute Gasteiger partial charge is 0.112 e. The van der Waals surface area contributed by atoms with E-state index >= 15 is 0 Å². The molecule has 1 aliphatic rings. The molecule has 0 spiro atoms.